The van der Waals surface area contributed by atoms with Crippen LogP contribution in [0.4, 0.5) is 11.4 Å². The monoisotopic (exact) mass is 549 g/mol. The number of nitrogens with zero attached hydrogens (tertiary/aromatic N) is 4. The molecule has 0 aliphatic rings. The molecule has 3 aromatic carbocycles. The number of hydrogen-bond donors (Lipinski definition) is 1. The summed E-state index contributed by atoms with van der Waals surface area (Å²) in [4.78, 5) is 17.1. The van der Waals surface area contributed by atoms with E-state index < -0.39 is 5.60 Å². The third kappa shape index (κ3) is 5.38. The molecule has 0 aliphatic carbocycles. The highest BCUT2D eigenvalue weighted by Gasteiger charge is 2.30. The van der Waals surface area contributed by atoms with Crippen LogP contribution in [0.3, 0.4) is 0 Å². The van der Waals surface area contributed by atoms with Gasteiger partial charge in [0.1, 0.15) is 16.8 Å². The fourth-order valence-corrected chi connectivity index (χ4v) is 4.34. The molecule has 0 saturated carbocycles. The first-order chi connectivity index (χ1) is 17.1. The van der Waals surface area contributed by atoms with Gasteiger partial charge < -0.3 is 15.0 Å². The van der Waals surface area contributed by atoms with Crippen LogP contribution in [0.2, 0.25) is 0 Å². The number of hydrogen-bond acceptors (Lipinski definition) is 5. The minimum absolute atomic E-state index is 0.247. The zero-order valence-electron chi connectivity index (χ0n) is 21.6. The Hall–Kier alpha value is -3.39. The Morgan fingerprint density at radius 2 is 1.61 bits per heavy atom. The van der Waals surface area contributed by atoms with Crippen molar-refractivity contribution in [3.8, 4) is 11.4 Å². The lowest BCUT2D eigenvalue weighted by atomic mass is 10.1. The number of fused-ring (bicyclic) bond motifs is 1. The summed E-state index contributed by atoms with van der Waals surface area (Å²) in [7, 11) is 0. The summed E-state index contributed by atoms with van der Waals surface area (Å²) >= 11 is 3.41. The molecule has 1 N–H and O–H groups in total. The number of rotatable bonds is 8. The van der Waals surface area contributed by atoms with Gasteiger partial charge in [-0.3, -0.25) is 4.79 Å². The summed E-state index contributed by atoms with van der Waals surface area (Å²) in [5.41, 5.74) is 5.18. The summed E-state index contributed by atoms with van der Waals surface area (Å²) in [6.07, 6.45) is 0. The maximum Gasteiger partial charge on any atom is 0.267 e. The van der Waals surface area contributed by atoms with Crippen molar-refractivity contribution in [2.24, 2.45) is 0 Å². The maximum atomic E-state index is 13.1. The number of halogens is 1. The number of ether oxygens (including phenoxy) is 1. The first kappa shape index (κ1) is 25.7. The molecule has 0 atom stereocenters. The van der Waals surface area contributed by atoms with Crippen LogP contribution in [0, 0.1) is 13.8 Å². The molecular weight excluding hydrogens is 518 g/mol. The number of amides is 1. The number of carbonyl (C=O) groups is 1. The molecule has 7 nitrogen and oxygen atoms in total. The Morgan fingerprint density at radius 3 is 2.22 bits per heavy atom. The van der Waals surface area contributed by atoms with E-state index in [1.807, 2.05) is 43.3 Å². The molecule has 1 amide bonds. The SMILES string of the molecule is CCN(CC)c1ccc(-n2nc3cc(C)c(NC(=O)C(C)(C)Oc4ccc(Br)cc4)cc3n2)c(C)c1. The predicted molar refractivity (Wildman–Crippen MR) is 149 cm³/mol. The van der Waals surface area contributed by atoms with E-state index in [0.717, 1.165) is 39.9 Å². The van der Waals surface area contributed by atoms with Gasteiger partial charge >= 0.3 is 0 Å². The van der Waals surface area contributed by atoms with Crippen molar-refractivity contribution >= 4 is 44.2 Å². The van der Waals surface area contributed by atoms with Crippen molar-refractivity contribution in [2.45, 2.75) is 47.1 Å². The van der Waals surface area contributed by atoms with Crippen molar-refractivity contribution in [1.82, 2.24) is 15.0 Å². The van der Waals surface area contributed by atoms with Gasteiger partial charge in [0.05, 0.1) is 5.69 Å². The average Bonchev–Trinajstić information content (AvgIpc) is 3.23. The molecular formula is C28H32BrN5O2. The normalized spacial score (nSPS) is 11.5. The number of carbonyl (C=O) groups excluding carboxylic acids is 1. The van der Waals surface area contributed by atoms with Crippen LogP contribution < -0.4 is 15.0 Å². The molecule has 36 heavy (non-hydrogen) atoms. The summed E-state index contributed by atoms with van der Waals surface area (Å²) in [5.74, 6) is 0.374. The van der Waals surface area contributed by atoms with Crippen molar-refractivity contribution in [3.05, 3.63) is 70.2 Å². The Bertz CT molecular complexity index is 1390. The van der Waals surface area contributed by atoms with Crippen molar-refractivity contribution < 1.29 is 9.53 Å². The van der Waals surface area contributed by atoms with Crippen molar-refractivity contribution in [2.75, 3.05) is 23.3 Å². The molecule has 0 unspecified atom stereocenters. The molecule has 0 bridgehead atoms. The molecule has 0 aliphatic heterocycles. The summed E-state index contributed by atoms with van der Waals surface area (Å²) in [5, 5.41) is 12.4. The van der Waals surface area contributed by atoms with E-state index in [1.165, 1.54) is 5.69 Å². The van der Waals surface area contributed by atoms with E-state index in [9.17, 15) is 4.79 Å². The van der Waals surface area contributed by atoms with Gasteiger partial charge in [0.2, 0.25) is 0 Å². The largest absolute Gasteiger partial charge is 0.478 e. The highest BCUT2D eigenvalue weighted by atomic mass is 79.9. The summed E-state index contributed by atoms with van der Waals surface area (Å²) in [6, 6.07) is 17.5. The lowest BCUT2D eigenvalue weighted by Crippen LogP contribution is -2.42. The van der Waals surface area contributed by atoms with Crippen LogP contribution in [-0.4, -0.2) is 39.6 Å². The van der Waals surface area contributed by atoms with Crippen LogP contribution >= 0.6 is 15.9 Å². The minimum atomic E-state index is -1.07. The number of aromatic nitrogens is 3. The molecule has 0 spiro atoms. The van der Waals surface area contributed by atoms with Crippen LogP contribution in [-0.2, 0) is 4.79 Å². The van der Waals surface area contributed by atoms with Gasteiger partial charge in [-0.05, 0) is 107 Å². The van der Waals surface area contributed by atoms with Gasteiger partial charge in [-0.1, -0.05) is 15.9 Å². The standard InChI is InChI=1S/C28H32BrN5O2/c1-7-33(8-2)21-11-14-26(19(4)15-21)34-31-24-16-18(3)23(17-25(24)32-34)30-27(35)28(5,6)36-22-12-9-20(29)10-13-22/h9-17H,7-8H2,1-6H3,(H,30,35). The van der Waals surface area contributed by atoms with E-state index in [4.69, 9.17) is 14.9 Å². The Kier molecular flexibility index (Phi) is 7.36. The highest BCUT2D eigenvalue weighted by molar-refractivity contribution is 9.10. The van der Waals surface area contributed by atoms with Gasteiger partial charge in [0, 0.05) is 28.9 Å². The second-order valence-electron chi connectivity index (χ2n) is 9.31. The smallest absolute Gasteiger partial charge is 0.267 e. The van der Waals surface area contributed by atoms with Crippen LogP contribution in [0.1, 0.15) is 38.8 Å². The molecule has 1 aromatic heterocycles. The molecule has 4 aromatic rings. The van der Waals surface area contributed by atoms with Gasteiger partial charge in [-0.2, -0.15) is 4.80 Å². The average molecular weight is 551 g/mol. The Balaban J connectivity index is 1.57. The van der Waals surface area contributed by atoms with Gasteiger partial charge in [0.25, 0.3) is 5.91 Å². The second kappa shape index (κ2) is 10.3. The molecule has 188 valence electrons. The zero-order chi connectivity index (χ0) is 26.0. The van der Waals surface area contributed by atoms with Crippen molar-refractivity contribution in [3.63, 3.8) is 0 Å². The number of aryl methyl sites for hydroxylation is 2. The first-order valence-corrected chi connectivity index (χ1v) is 12.9. The van der Waals surface area contributed by atoms with Crippen molar-refractivity contribution in [1.29, 1.82) is 0 Å². The van der Waals surface area contributed by atoms with Crippen LogP contribution in [0.5, 0.6) is 5.75 Å². The molecule has 4 rings (SSSR count). The molecule has 8 heteroatoms. The fourth-order valence-electron chi connectivity index (χ4n) is 4.08. The number of anilines is 2. The first-order valence-electron chi connectivity index (χ1n) is 12.1. The van der Waals surface area contributed by atoms with Crippen LogP contribution in [0.25, 0.3) is 16.7 Å². The molecule has 0 saturated heterocycles. The molecule has 0 fully saturated rings. The molecule has 0 radical (unpaired) electrons. The maximum absolute atomic E-state index is 13.1. The zero-order valence-corrected chi connectivity index (χ0v) is 23.2. The fraction of sp³-hybridized carbons (Fsp3) is 0.321. The van der Waals surface area contributed by atoms with Crippen LogP contribution in [0.15, 0.2) is 59.1 Å². The Morgan fingerprint density at radius 1 is 0.972 bits per heavy atom. The predicted octanol–water partition coefficient (Wildman–Crippen LogP) is 6.44. The topological polar surface area (TPSA) is 72.3 Å². The second-order valence-corrected chi connectivity index (χ2v) is 10.2. The van der Waals surface area contributed by atoms with Gasteiger partial charge in [0.15, 0.2) is 5.60 Å². The highest BCUT2D eigenvalue weighted by Crippen LogP contribution is 2.27. The van der Waals surface area contributed by atoms with E-state index in [-0.39, 0.29) is 5.91 Å². The van der Waals surface area contributed by atoms with E-state index in [2.05, 4.69) is 65.1 Å². The lowest BCUT2D eigenvalue weighted by molar-refractivity contribution is -0.128. The van der Waals surface area contributed by atoms with Gasteiger partial charge in [-0.15, -0.1) is 10.2 Å². The number of nitrogens with one attached hydrogen (secondary N) is 1. The number of benzene rings is 3. The third-order valence-electron chi connectivity index (χ3n) is 6.23. The van der Waals surface area contributed by atoms with Gasteiger partial charge in [-0.25, -0.2) is 0 Å². The van der Waals surface area contributed by atoms with E-state index >= 15 is 0 Å². The lowest BCUT2D eigenvalue weighted by Gasteiger charge is -2.25. The summed E-state index contributed by atoms with van der Waals surface area (Å²) < 4.78 is 6.92. The Labute approximate surface area is 220 Å². The van der Waals surface area contributed by atoms with E-state index in [0.29, 0.717) is 17.0 Å². The molecule has 1 heterocycles. The quantitative estimate of drug-likeness (QED) is 0.273. The minimum Gasteiger partial charge on any atom is -0.478 e. The third-order valence-corrected chi connectivity index (χ3v) is 6.76. The van der Waals surface area contributed by atoms with E-state index in [1.54, 1.807) is 18.6 Å². The summed E-state index contributed by atoms with van der Waals surface area (Å²) in [6.45, 7) is 13.7.